The lowest BCUT2D eigenvalue weighted by Gasteiger charge is -2.37. The lowest BCUT2D eigenvalue weighted by atomic mass is 9.66. The summed E-state index contributed by atoms with van der Waals surface area (Å²) >= 11 is 0. The molecule has 0 aromatic heterocycles. The molecule has 8 heteroatoms. The number of hydrogen-bond donors (Lipinski definition) is 3. The fraction of sp³-hybridized carbons (Fsp3) is 0.381. The van der Waals surface area contributed by atoms with Gasteiger partial charge < -0.3 is 34.3 Å². The van der Waals surface area contributed by atoms with E-state index >= 15 is 0 Å². The Hall–Kier alpha value is -3.13. The number of carbonyl (C=O) groups excluding carboxylic acids is 1. The summed E-state index contributed by atoms with van der Waals surface area (Å²) in [4.78, 5) is 12.6. The third kappa shape index (κ3) is 2.82. The van der Waals surface area contributed by atoms with Crippen LogP contribution in [0.2, 0.25) is 0 Å². The molecule has 0 radical (unpaired) electrons. The quantitative estimate of drug-likeness (QED) is 0.666. The Morgan fingerprint density at radius 3 is 2.14 bits per heavy atom. The Bertz CT molecular complexity index is 944. The van der Waals surface area contributed by atoms with E-state index in [2.05, 4.69) is 0 Å². The van der Waals surface area contributed by atoms with Crippen LogP contribution in [0.5, 0.6) is 28.7 Å². The smallest absolute Gasteiger partial charge is 0.310 e. The van der Waals surface area contributed by atoms with E-state index in [-0.39, 0.29) is 35.4 Å². The van der Waals surface area contributed by atoms with Crippen LogP contribution in [-0.2, 0) is 9.53 Å². The first-order chi connectivity index (χ1) is 13.9. The van der Waals surface area contributed by atoms with Crippen LogP contribution in [0.3, 0.4) is 0 Å². The van der Waals surface area contributed by atoms with Gasteiger partial charge in [0.1, 0.15) is 0 Å². The molecule has 1 heterocycles. The summed E-state index contributed by atoms with van der Waals surface area (Å²) in [5, 5.41) is 31.5. The standard InChI is InChI=1S/C21H22O8/c1-26-14-7-11-10(6-13(14)22)17(18-12(19(11)23)8-29-21(18)25)9-4-15(27-2)20(24)16(5-9)28-3/h4-7,12,17-19,22-24H,8H2,1-3H3/t12-,17-,18-,19+/m0/s1. The number of hydrogen-bond acceptors (Lipinski definition) is 8. The molecule has 0 amide bonds. The van der Waals surface area contributed by atoms with Gasteiger partial charge in [-0.2, -0.15) is 0 Å². The van der Waals surface area contributed by atoms with Gasteiger partial charge in [0.2, 0.25) is 5.75 Å². The van der Waals surface area contributed by atoms with E-state index in [0.29, 0.717) is 16.7 Å². The van der Waals surface area contributed by atoms with Crippen LogP contribution in [0.1, 0.15) is 28.7 Å². The van der Waals surface area contributed by atoms with Crippen LogP contribution in [-0.4, -0.2) is 49.2 Å². The van der Waals surface area contributed by atoms with E-state index in [1.807, 2.05) is 0 Å². The van der Waals surface area contributed by atoms with Gasteiger partial charge in [-0.15, -0.1) is 0 Å². The minimum absolute atomic E-state index is 0.0934. The van der Waals surface area contributed by atoms with Crippen LogP contribution in [0.4, 0.5) is 0 Å². The van der Waals surface area contributed by atoms with Gasteiger partial charge in [0, 0.05) is 11.8 Å². The number of aliphatic hydroxyl groups excluding tert-OH is 1. The summed E-state index contributed by atoms with van der Waals surface area (Å²) in [6.07, 6.45) is -0.951. The molecule has 0 saturated carbocycles. The van der Waals surface area contributed by atoms with Gasteiger partial charge in [0.15, 0.2) is 23.0 Å². The molecule has 1 fully saturated rings. The Kier molecular flexibility index (Phi) is 4.66. The second-order valence-corrected chi connectivity index (χ2v) is 7.17. The number of benzene rings is 2. The number of carbonyl (C=O) groups is 1. The fourth-order valence-corrected chi connectivity index (χ4v) is 4.42. The predicted octanol–water partition coefficient (Wildman–Crippen LogP) is 2.09. The summed E-state index contributed by atoms with van der Waals surface area (Å²) in [7, 11) is 4.26. The third-order valence-electron chi connectivity index (χ3n) is 5.82. The highest BCUT2D eigenvalue weighted by Crippen LogP contribution is 2.54. The number of fused-ring (bicyclic) bond motifs is 2. The molecule has 8 nitrogen and oxygen atoms in total. The van der Waals surface area contributed by atoms with Gasteiger partial charge in [0.05, 0.1) is 40.0 Å². The highest BCUT2D eigenvalue weighted by atomic mass is 16.5. The van der Waals surface area contributed by atoms with Gasteiger partial charge >= 0.3 is 5.97 Å². The Balaban J connectivity index is 1.97. The largest absolute Gasteiger partial charge is 0.504 e. The molecule has 1 saturated heterocycles. The number of cyclic esters (lactones) is 1. The number of aliphatic hydroxyl groups is 1. The molecule has 154 valence electrons. The number of phenols is 2. The Morgan fingerprint density at radius 1 is 0.931 bits per heavy atom. The molecule has 0 unspecified atom stereocenters. The molecule has 1 aliphatic heterocycles. The number of phenolic OH excluding ortho intramolecular Hbond substituents is 2. The first-order valence-electron chi connectivity index (χ1n) is 9.11. The van der Waals surface area contributed by atoms with E-state index in [4.69, 9.17) is 18.9 Å². The maximum absolute atomic E-state index is 12.6. The zero-order valence-electron chi connectivity index (χ0n) is 16.2. The number of esters is 1. The van der Waals surface area contributed by atoms with Crippen LogP contribution in [0.15, 0.2) is 24.3 Å². The number of ether oxygens (including phenoxy) is 4. The first-order valence-corrected chi connectivity index (χ1v) is 9.11. The van der Waals surface area contributed by atoms with Gasteiger partial charge in [0.25, 0.3) is 0 Å². The van der Waals surface area contributed by atoms with E-state index in [1.165, 1.54) is 27.4 Å². The number of aromatic hydroxyl groups is 2. The first kappa shape index (κ1) is 19.2. The van der Waals surface area contributed by atoms with Crippen molar-refractivity contribution in [2.75, 3.05) is 27.9 Å². The Labute approximate surface area is 167 Å². The molecule has 0 bridgehead atoms. The van der Waals surface area contributed by atoms with Crippen molar-refractivity contribution >= 4 is 5.97 Å². The lowest BCUT2D eigenvalue weighted by Crippen LogP contribution is -2.34. The molecule has 2 aliphatic rings. The van der Waals surface area contributed by atoms with Crippen molar-refractivity contribution in [1.29, 1.82) is 0 Å². The van der Waals surface area contributed by atoms with E-state index in [9.17, 15) is 20.1 Å². The van der Waals surface area contributed by atoms with Crippen molar-refractivity contribution in [1.82, 2.24) is 0 Å². The zero-order valence-corrected chi connectivity index (χ0v) is 16.2. The summed E-state index contributed by atoms with van der Waals surface area (Å²) in [5.41, 5.74) is 1.75. The monoisotopic (exact) mass is 402 g/mol. The van der Waals surface area contributed by atoms with Crippen molar-refractivity contribution in [3.63, 3.8) is 0 Å². The number of rotatable bonds is 4. The average Bonchev–Trinajstić information content (AvgIpc) is 3.10. The van der Waals surface area contributed by atoms with E-state index in [1.54, 1.807) is 18.2 Å². The lowest BCUT2D eigenvalue weighted by molar-refractivity contribution is -0.141. The van der Waals surface area contributed by atoms with Crippen LogP contribution in [0.25, 0.3) is 0 Å². The molecule has 0 spiro atoms. The molecule has 1 aliphatic carbocycles. The van der Waals surface area contributed by atoms with E-state index < -0.39 is 29.8 Å². The van der Waals surface area contributed by atoms with Crippen LogP contribution >= 0.6 is 0 Å². The SMILES string of the molecule is COc1cc2c(cc1O)[C@H](c1cc(OC)c(O)c(OC)c1)[C@H]1C(=O)OC[C@@H]1[C@@H]2O. The highest BCUT2D eigenvalue weighted by Gasteiger charge is 2.52. The zero-order chi connectivity index (χ0) is 20.9. The average molecular weight is 402 g/mol. The maximum atomic E-state index is 12.6. The third-order valence-corrected chi connectivity index (χ3v) is 5.82. The summed E-state index contributed by atoms with van der Waals surface area (Å²) in [6.45, 7) is 0.0934. The second-order valence-electron chi connectivity index (χ2n) is 7.17. The van der Waals surface area contributed by atoms with E-state index in [0.717, 1.165) is 0 Å². The molecule has 2 aromatic rings. The van der Waals surface area contributed by atoms with Gasteiger partial charge in [-0.3, -0.25) is 4.79 Å². The Morgan fingerprint density at radius 2 is 1.55 bits per heavy atom. The highest BCUT2D eigenvalue weighted by molar-refractivity contribution is 5.79. The minimum Gasteiger partial charge on any atom is -0.504 e. The fourth-order valence-electron chi connectivity index (χ4n) is 4.42. The summed E-state index contributed by atoms with van der Waals surface area (Å²) in [5.74, 6) is -1.75. The topological polar surface area (TPSA) is 115 Å². The van der Waals surface area contributed by atoms with Crippen LogP contribution < -0.4 is 14.2 Å². The van der Waals surface area contributed by atoms with Gasteiger partial charge in [-0.1, -0.05) is 0 Å². The summed E-state index contributed by atoms with van der Waals surface area (Å²) in [6, 6.07) is 6.31. The van der Waals surface area contributed by atoms with Crippen LogP contribution in [0, 0.1) is 11.8 Å². The molecule has 4 atom stereocenters. The van der Waals surface area contributed by atoms with Crippen molar-refractivity contribution in [2.45, 2.75) is 12.0 Å². The van der Waals surface area contributed by atoms with Gasteiger partial charge in [-0.25, -0.2) is 0 Å². The summed E-state index contributed by atoms with van der Waals surface area (Å²) < 4.78 is 21.0. The van der Waals surface area contributed by atoms with Crippen molar-refractivity contribution in [3.8, 4) is 28.7 Å². The normalized spacial score (nSPS) is 25.0. The minimum atomic E-state index is -0.951. The molecular weight excluding hydrogens is 380 g/mol. The van der Waals surface area contributed by atoms with Crippen molar-refractivity contribution in [2.24, 2.45) is 11.8 Å². The molecule has 29 heavy (non-hydrogen) atoms. The molecule has 3 N–H and O–H groups in total. The van der Waals surface area contributed by atoms with Crippen molar-refractivity contribution in [3.05, 3.63) is 41.0 Å². The second kappa shape index (κ2) is 7.04. The maximum Gasteiger partial charge on any atom is 0.310 e. The molecular formula is C21H22O8. The molecule has 4 rings (SSSR count). The number of methoxy groups -OCH3 is 3. The molecule has 2 aromatic carbocycles. The predicted molar refractivity (Wildman–Crippen MR) is 101 cm³/mol. The van der Waals surface area contributed by atoms with Crippen molar-refractivity contribution < 1.29 is 39.1 Å². The van der Waals surface area contributed by atoms with Gasteiger partial charge in [-0.05, 0) is 41.0 Å².